The maximum Gasteiger partial charge on any atom is 0.215 e. The number of sulfonamides is 1. The van der Waals surface area contributed by atoms with Crippen molar-refractivity contribution in [2.24, 2.45) is 0 Å². The molecule has 6 heteroatoms. The van der Waals surface area contributed by atoms with Crippen molar-refractivity contribution >= 4 is 21.8 Å². The summed E-state index contributed by atoms with van der Waals surface area (Å²) >= 11 is 1.70. The highest BCUT2D eigenvalue weighted by Gasteiger charge is 2.28. The molecule has 18 heavy (non-hydrogen) atoms. The number of rotatable bonds is 7. The predicted octanol–water partition coefficient (Wildman–Crippen LogP) is 1.53. The van der Waals surface area contributed by atoms with Gasteiger partial charge >= 0.3 is 0 Å². The zero-order chi connectivity index (χ0) is 13.6. The van der Waals surface area contributed by atoms with Crippen molar-refractivity contribution in [3.63, 3.8) is 0 Å². The average Bonchev–Trinajstić information content (AvgIpc) is 2.36. The molecule has 1 fully saturated rings. The molecule has 0 aromatic rings. The molecule has 2 atom stereocenters. The molecule has 0 radical (unpaired) electrons. The molecular weight excluding hydrogens is 268 g/mol. The lowest BCUT2D eigenvalue weighted by atomic mass is 10.1. The molecule has 1 heterocycles. The van der Waals surface area contributed by atoms with Crippen LogP contribution < -0.4 is 5.32 Å². The molecule has 0 aromatic carbocycles. The van der Waals surface area contributed by atoms with E-state index in [1.54, 1.807) is 23.1 Å². The maximum absolute atomic E-state index is 12.4. The number of nitrogens with zero attached hydrogens (tertiary/aromatic N) is 1. The van der Waals surface area contributed by atoms with Gasteiger partial charge in [-0.3, -0.25) is 0 Å². The van der Waals surface area contributed by atoms with E-state index < -0.39 is 10.0 Å². The highest BCUT2D eigenvalue weighted by Crippen LogP contribution is 2.16. The summed E-state index contributed by atoms with van der Waals surface area (Å²) in [5.41, 5.74) is 0. The van der Waals surface area contributed by atoms with Crippen molar-refractivity contribution in [3.8, 4) is 0 Å². The molecular formula is C12H26N2O2S2. The minimum Gasteiger partial charge on any atom is -0.313 e. The number of nitrogens with one attached hydrogen (secondary N) is 1. The largest absolute Gasteiger partial charge is 0.313 e. The van der Waals surface area contributed by atoms with Crippen molar-refractivity contribution in [1.29, 1.82) is 0 Å². The summed E-state index contributed by atoms with van der Waals surface area (Å²) in [5.74, 6) is 1.11. The molecule has 108 valence electrons. The van der Waals surface area contributed by atoms with Crippen LogP contribution in [0.5, 0.6) is 0 Å². The topological polar surface area (TPSA) is 49.4 Å². The Hall–Kier alpha value is 0.220. The maximum atomic E-state index is 12.4. The van der Waals surface area contributed by atoms with E-state index in [4.69, 9.17) is 0 Å². The number of hydrogen-bond donors (Lipinski definition) is 1. The van der Waals surface area contributed by atoms with Gasteiger partial charge < -0.3 is 5.32 Å². The molecule has 0 amide bonds. The van der Waals surface area contributed by atoms with Crippen molar-refractivity contribution in [1.82, 2.24) is 9.62 Å². The summed E-state index contributed by atoms with van der Waals surface area (Å²) in [4.78, 5) is 0. The van der Waals surface area contributed by atoms with Gasteiger partial charge in [-0.1, -0.05) is 13.3 Å². The van der Waals surface area contributed by atoms with Crippen LogP contribution >= 0.6 is 11.8 Å². The number of piperidine rings is 1. The first kappa shape index (κ1) is 16.3. The molecule has 1 aliphatic heterocycles. The van der Waals surface area contributed by atoms with Gasteiger partial charge in [-0.15, -0.1) is 0 Å². The molecule has 4 nitrogen and oxygen atoms in total. The highest BCUT2D eigenvalue weighted by atomic mass is 32.2. The molecule has 0 aromatic heterocycles. The standard InChI is InChI=1S/C12H26N2O2S2/c1-4-12(9-17-3)14(2)18(15,16)10-11-7-5-6-8-13-11/h11-13H,4-10H2,1-3H3. The fourth-order valence-corrected chi connectivity index (χ4v) is 4.98. The lowest BCUT2D eigenvalue weighted by Gasteiger charge is -2.29. The van der Waals surface area contributed by atoms with Gasteiger partial charge in [0.2, 0.25) is 10.0 Å². The Morgan fingerprint density at radius 1 is 1.44 bits per heavy atom. The lowest BCUT2D eigenvalue weighted by Crippen LogP contribution is -2.46. The molecule has 0 saturated carbocycles. The van der Waals surface area contributed by atoms with E-state index in [1.165, 1.54) is 0 Å². The summed E-state index contributed by atoms with van der Waals surface area (Å²) in [6.45, 7) is 3.00. The van der Waals surface area contributed by atoms with Crippen LogP contribution in [0.1, 0.15) is 32.6 Å². The Morgan fingerprint density at radius 3 is 2.67 bits per heavy atom. The SMILES string of the molecule is CCC(CSC)N(C)S(=O)(=O)CC1CCCCN1. The van der Waals surface area contributed by atoms with Crippen LogP contribution in [-0.2, 0) is 10.0 Å². The van der Waals surface area contributed by atoms with Crippen LogP contribution in [-0.4, -0.2) is 56.2 Å². The minimum absolute atomic E-state index is 0.119. The second kappa shape index (κ2) is 7.72. The summed E-state index contributed by atoms with van der Waals surface area (Å²) in [6, 6.07) is 0.256. The average molecular weight is 294 g/mol. The fourth-order valence-electron chi connectivity index (χ4n) is 2.34. The second-order valence-electron chi connectivity index (χ2n) is 4.96. The first-order valence-corrected chi connectivity index (χ1v) is 9.69. The lowest BCUT2D eigenvalue weighted by molar-refractivity contribution is 0.371. The van der Waals surface area contributed by atoms with Crippen LogP contribution in [0.4, 0.5) is 0 Å². The minimum atomic E-state index is -3.14. The highest BCUT2D eigenvalue weighted by molar-refractivity contribution is 7.98. The predicted molar refractivity (Wildman–Crippen MR) is 79.7 cm³/mol. The van der Waals surface area contributed by atoms with E-state index in [1.807, 2.05) is 13.2 Å². The van der Waals surface area contributed by atoms with E-state index >= 15 is 0 Å². The van der Waals surface area contributed by atoms with Crippen LogP contribution in [0.15, 0.2) is 0 Å². The van der Waals surface area contributed by atoms with Crippen molar-refractivity contribution < 1.29 is 8.42 Å². The van der Waals surface area contributed by atoms with Gasteiger partial charge in [0, 0.05) is 24.9 Å². The van der Waals surface area contributed by atoms with Crippen molar-refractivity contribution in [2.75, 3.05) is 31.4 Å². The molecule has 1 aliphatic rings. The summed E-state index contributed by atoms with van der Waals surface area (Å²) in [6.07, 6.45) is 6.17. The van der Waals surface area contributed by atoms with E-state index in [0.29, 0.717) is 0 Å². The molecule has 0 bridgehead atoms. The van der Waals surface area contributed by atoms with Gasteiger partial charge in [0.25, 0.3) is 0 Å². The van der Waals surface area contributed by atoms with E-state index in [2.05, 4.69) is 5.32 Å². The van der Waals surface area contributed by atoms with E-state index in [9.17, 15) is 8.42 Å². The van der Waals surface area contributed by atoms with Gasteiger partial charge in [-0.25, -0.2) is 12.7 Å². The van der Waals surface area contributed by atoms with E-state index in [0.717, 1.165) is 38.0 Å². The van der Waals surface area contributed by atoms with Crippen molar-refractivity contribution in [2.45, 2.75) is 44.7 Å². The summed E-state index contributed by atoms with van der Waals surface area (Å²) in [5, 5.41) is 3.31. The summed E-state index contributed by atoms with van der Waals surface area (Å²) < 4.78 is 26.3. The first-order valence-electron chi connectivity index (χ1n) is 6.69. The Balaban J connectivity index is 2.60. The smallest absolute Gasteiger partial charge is 0.215 e. The Kier molecular flexibility index (Phi) is 6.98. The van der Waals surface area contributed by atoms with E-state index in [-0.39, 0.29) is 17.8 Å². The van der Waals surface area contributed by atoms with Crippen LogP contribution in [0.2, 0.25) is 0 Å². The molecule has 1 N–H and O–H groups in total. The zero-order valence-electron chi connectivity index (χ0n) is 11.7. The fraction of sp³-hybridized carbons (Fsp3) is 1.00. The second-order valence-corrected chi connectivity index (χ2v) is 7.94. The molecule has 1 rings (SSSR count). The third-order valence-corrected chi connectivity index (χ3v) is 6.32. The third kappa shape index (κ3) is 4.72. The third-order valence-electron chi connectivity index (χ3n) is 3.61. The monoisotopic (exact) mass is 294 g/mol. The van der Waals surface area contributed by atoms with Gasteiger partial charge in [0.05, 0.1) is 5.75 Å². The first-order chi connectivity index (χ1) is 8.51. The Morgan fingerprint density at radius 2 is 2.17 bits per heavy atom. The van der Waals surface area contributed by atoms with Gasteiger partial charge in [0.1, 0.15) is 0 Å². The van der Waals surface area contributed by atoms with Crippen LogP contribution in [0.25, 0.3) is 0 Å². The molecule has 0 spiro atoms. The molecule has 2 unspecified atom stereocenters. The number of thioether (sulfide) groups is 1. The quantitative estimate of drug-likeness (QED) is 0.774. The number of hydrogen-bond acceptors (Lipinski definition) is 4. The van der Waals surface area contributed by atoms with Gasteiger partial charge in [0.15, 0.2) is 0 Å². The van der Waals surface area contributed by atoms with Crippen molar-refractivity contribution in [3.05, 3.63) is 0 Å². The Bertz CT molecular complexity index is 327. The van der Waals surface area contributed by atoms with Gasteiger partial charge in [-0.05, 0) is 32.1 Å². The normalized spacial score (nSPS) is 23.2. The summed E-state index contributed by atoms with van der Waals surface area (Å²) in [7, 11) is -1.41. The molecule has 0 aliphatic carbocycles. The Labute approximate surface area is 116 Å². The van der Waals surface area contributed by atoms with Gasteiger partial charge in [-0.2, -0.15) is 11.8 Å². The molecule has 1 saturated heterocycles. The van der Waals surface area contributed by atoms with Crippen LogP contribution in [0, 0.1) is 0 Å². The van der Waals surface area contributed by atoms with Crippen LogP contribution in [0.3, 0.4) is 0 Å². The zero-order valence-corrected chi connectivity index (χ0v) is 13.3.